The van der Waals surface area contributed by atoms with Crippen molar-refractivity contribution in [3.05, 3.63) is 71.8 Å². The number of methoxy groups -OCH3 is 1. The normalized spacial score (nSPS) is 26.1. The molecule has 1 saturated carbocycles. The summed E-state index contributed by atoms with van der Waals surface area (Å²) in [6, 6.07) is 22.2. The zero-order valence-corrected chi connectivity index (χ0v) is 26.0. The monoisotopic (exact) mass is 563 g/mol. The molecular weight excluding hydrogens is 514 g/mol. The minimum absolute atomic E-state index is 0.00609. The highest BCUT2D eigenvalue weighted by molar-refractivity contribution is 7.98. The number of hydrogen-bond acceptors (Lipinski definition) is 6. The van der Waals surface area contributed by atoms with Crippen molar-refractivity contribution in [1.82, 2.24) is 9.80 Å². The molecule has 4 rings (SSSR count). The number of ether oxygens (including phenoxy) is 1. The highest BCUT2D eigenvalue weighted by Crippen LogP contribution is 2.43. The Morgan fingerprint density at radius 1 is 1.07 bits per heavy atom. The van der Waals surface area contributed by atoms with Gasteiger partial charge in [0.25, 0.3) is 0 Å². The molecule has 1 aliphatic heterocycles. The number of aryl methyl sites for hydroxylation is 1. The molecule has 0 amide bonds. The van der Waals surface area contributed by atoms with E-state index in [1.807, 2.05) is 6.34 Å². The minimum Gasteiger partial charge on any atom is -0.467 e. The summed E-state index contributed by atoms with van der Waals surface area (Å²) in [6.07, 6.45) is 13.0. The van der Waals surface area contributed by atoms with Crippen molar-refractivity contribution in [2.75, 3.05) is 33.2 Å². The third kappa shape index (κ3) is 7.12. The van der Waals surface area contributed by atoms with Crippen LogP contribution in [0.25, 0.3) is 0 Å². The Hall–Kier alpha value is -2.31. The Morgan fingerprint density at radius 2 is 1.73 bits per heavy atom. The predicted molar refractivity (Wildman–Crippen MR) is 169 cm³/mol. The molecule has 1 heterocycles. The van der Waals surface area contributed by atoms with Gasteiger partial charge < -0.3 is 14.5 Å². The molecule has 0 aromatic heterocycles. The van der Waals surface area contributed by atoms with E-state index >= 15 is 0 Å². The van der Waals surface area contributed by atoms with E-state index in [-0.39, 0.29) is 18.1 Å². The molecule has 6 heteroatoms. The number of carbonyl (C=O) groups is 1. The molecule has 4 atom stereocenters. The van der Waals surface area contributed by atoms with Gasteiger partial charge in [-0.3, -0.25) is 4.99 Å². The molecule has 1 aliphatic carbocycles. The summed E-state index contributed by atoms with van der Waals surface area (Å²) in [4.78, 5) is 23.2. The number of carbonyl (C=O) groups excluding carboxylic acids is 1. The van der Waals surface area contributed by atoms with Crippen molar-refractivity contribution in [2.24, 2.45) is 16.8 Å². The SMILES string of the molecule is COC(=O)C1(CCSC)N=CN(C(C)c2ccccc2)C1CC1CCC(C(CCc2ccccc2)N(C)C)CC1. The van der Waals surface area contributed by atoms with Crippen molar-refractivity contribution >= 4 is 24.1 Å². The number of nitrogens with zero attached hydrogens (tertiary/aromatic N) is 3. The molecule has 0 bridgehead atoms. The average molecular weight is 564 g/mol. The molecule has 0 radical (unpaired) electrons. The van der Waals surface area contributed by atoms with Gasteiger partial charge in [-0.05, 0) is 94.5 Å². The fourth-order valence-corrected chi connectivity index (χ4v) is 7.64. The van der Waals surface area contributed by atoms with E-state index in [2.05, 4.69) is 97.7 Å². The number of hydrogen-bond donors (Lipinski definition) is 0. The highest BCUT2D eigenvalue weighted by atomic mass is 32.2. The number of thioether (sulfide) groups is 1. The Kier molecular flexibility index (Phi) is 11.1. The van der Waals surface area contributed by atoms with Crippen LogP contribution in [0, 0.1) is 11.8 Å². The van der Waals surface area contributed by atoms with Gasteiger partial charge in [0.15, 0.2) is 5.54 Å². The van der Waals surface area contributed by atoms with Gasteiger partial charge in [0.2, 0.25) is 0 Å². The van der Waals surface area contributed by atoms with E-state index in [1.165, 1.54) is 50.3 Å². The van der Waals surface area contributed by atoms with Gasteiger partial charge >= 0.3 is 5.97 Å². The molecular formula is C34H49N3O2S. The first kappa shape index (κ1) is 30.6. The fourth-order valence-electron chi connectivity index (χ4n) is 7.13. The first-order valence-electron chi connectivity index (χ1n) is 15.0. The van der Waals surface area contributed by atoms with Gasteiger partial charge in [0.1, 0.15) is 0 Å². The molecule has 2 aromatic carbocycles. The maximum Gasteiger partial charge on any atom is 0.336 e. The third-order valence-corrected chi connectivity index (χ3v) is 10.1. The summed E-state index contributed by atoms with van der Waals surface area (Å²) >= 11 is 1.77. The van der Waals surface area contributed by atoms with Crippen LogP contribution < -0.4 is 0 Å². The molecule has 0 N–H and O–H groups in total. The Balaban J connectivity index is 1.47. The van der Waals surface area contributed by atoms with Gasteiger partial charge in [0, 0.05) is 6.04 Å². The number of aliphatic imine (C=N–C) groups is 1. The lowest BCUT2D eigenvalue weighted by molar-refractivity contribution is -0.149. The first-order valence-corrected chi connectivity index (χ1v) is 16.4. The molecule has 1 fully saturated rings. The Bertz CT molecular complexity index is 1070. The van der Waals surface area contributed by atoms with Crippen LogP contribution in [-0.4, -0.2) is 72.9 Å². The smallest absolute Gasteiger partial charge is 0.336 e. The zero-order valence-electron chi connectivity index (χ0n) is 25.2. The Morgan fingerprint density at radius 3 is 2.33 bits per heavy atom. The Labute approximate surface area is 246 Å². The number of esters is 1. The second kappa shape index (κ2) is 14.5. The predicted octanol–water partition coefficient (Wildman–Crippen LogP) is 6.88. The van der Waals surface area contributed by atoms with Gasteiger partial charge in [0.05, 0.1) is 25.5 Å². The van der Waals surface area contributed by atoms with Crippen LogP contribution in [0.3, 0.4) is 0 Å². The second-order valence-electron chi connectivity index (χ2n) is 12.0. The van der Waals surface area contributed by atoms with Gasteiger partial charge in [-0.15, -0.1) is 0 Å². The van der Waals surface area contributed by atoms with E-state index in [1.54, 1.807) is 11.8 Å². The van der Waals surface area contributed by atoms with E-state index in [0.717, 1.165) is 24.5 Å². The van der Waals surface area contributed by atoms with Gasteiger partial charge in [-0.25, -0.2) is 4.79 Å². The molecule has 4 unspecified atom stereocenters. The van der Waals surface area contributed by atoms with Crippen LogP contribution in [0.1, 0.15) is 69.0 Å². The van der Waals surface area contributed by atoms with Crippen LogP contribution in [0.5, 0.6) is 0 Å². The van der Waals surface area contributed by atoms with Crippen LogP contribution in [0.2, 0.25) is 0 Å². The van der Waals surface area contributed by atoms with E-state index in [0.29, 0.717) is 18.4 Å². The van der Waals surface area contributed by atoms with Gasteiger partial charge in [-0.1, -0.05) is 73.5 Å². The maximum atomic E-state index is 13.4. The van der Waals surface area contributed by atoms with E-state index < -0.39 is 5.54 Å². The lowest BCUT2D eigenvalue weighted by atomic mass is 9.72. The molecule has 2 aromatic rings. The van der Waals surface area contributed by atoms with Crippen molar-refractivity contribution < 1.29 is 9.53 Å². The number of benzene rings is 2. The van der Waals surface area contributed by atoms with Crippen LogP contribution >= 0.6 is 11.8 Å². The largest absolute Gasteiger partial charge is 0.467 e. The molecule has 0 spiro atoms. The van der Waals surface area contributed by atoms with E-state index in [4.69, 9.17) is 9.73 Å². The van der Waals surface area contributed by atoms with Crippen molar-refractivity contribution in [3.63, 3.8) is 0 Å². The lowest BCUT2D eigenvalue weighted by Crippen LogP contribution is -2.53. The summed E-state index contributed by atoms with van der Waals surface area (Å²) in [7, 11) is 6.01. The summed E-state index contributed by atoms with van der Waals surface area (Å²) < 4.78 is 5.43. The van der Waals surface area contributed by atoms with Crippen LogP contribution in [0.4, 0.5) is 0 Å². The second-order valence-corrected chi connectivity index (χ2v) is 13.0. The molecule has 0 saturated heterocycles. The number of rotatable bonds is 13. The maximum absolute atomic E-state index is 13.4. The van der Waals surface area contributed by atoms with Crippen LogP contribution in [0.15, 0.2) is 65.7 Å². The highest BCUT2D eigenvalue weighted by Gasteiger charge is 2.53. The topological polar surface area (TPSA) is 45.1 Å². The van der Waals surface area contributed by atoms with Crippen molar-refractivity contribution in [2.45, 2.75) is 82.0 Å². The lowest BCUT2D eigenvalue weighted by Gasteiger charge is -2.42. The van der Waals surface area contributed by atoms with Crippen LogP contribution in [-0.2, 0) is 16.0 Å². The molecule has 2 aliphatic rings. The molecule has 5 nitrogen and oxygen atoms in total. The summed E-state index contributed by atoms with van der Waals surface area (Å²) in [5, 5.41) is 0. The zero-order chi connectivity index (χ0) is 28.5. The molecule has 218 valence electrons. The van der Waals surface area contributed by atoms with Gasteiger partial charge in [-0.2, -0.15) is 11.8 Å². The fraction of sp³-hybridized carbons (Fsp3) is 0.588. The summed E-state index contributed by atoms with van der Waals surface area (Å²) in [5.41, 5.74) is 1.85. The van der Waals surface area contributed by atoms with Crippen molar-refractivity contribution in [3.8, 4) is 0 Å². The molecule has 40 heavy (non-hydrogen) atoms. The minimum atomic E-state index is -0.834. The standard InChI is InChI=1S/C34H49N3O2S/c1-26(29-14-10-7-11-15-29)37-25-35-34(22-23-40-5,33(38)39-4)32(37)24-28-16-19-30(20-17-28)31(36(2)3)21-18-27-12-8-6-9-13-27/h6-15,25-26,28,30-32H,16-24H2,1-5H3. The average Bonchev–Trinajstić information content (AvgIpc) is 3.35. The summed E-state index contributed by atoms with van der Waals surface area (Å²) in [6.45, 7) is 2.24. The van der Waals surface area contributed by atoms with Crippen molar-refractivity contribution in [1.29, 1.82) is 0 Å². The summed E-state index contributed by atoms with van der Waals surface area (Å²) in [5.74, 6) is 2.00. The van der Waals surface area contributed by atoms with E-state index in [9.17, 15) is 4.79 Å². The first-order chi connectivity index (χ1) is 19.4. The quantitative estimate of drug-likeness (QED) is 0.249. The third-order valence-electron chi connectivity index (χ3n) is 9.52.